The monoisotopic (exact) mass is 550 g/mol. The highest BCUT2D eigenvalue weighted by Crippen LogP contribution is 2.34. The van der Waals surface area contributed by atoms with Crippen LogP contribution < -0.4 is 16.4 Å². The third kappa shape index (κ3) is 6.41. The minimum Gasteiger partial charge on any atom is -0.382 e. The average Bonchev–Trinajstić information content (AvgIpc) is 3.41. The Kier molecular flexibility index (Phi) is 7.71. The van der Waals surface area contributed by atoms with Crippen LogP contribution in [-0.4, -0.2) is 63.8 Å². The number of carbonyl (C=O) groups excluding carboxylic acids is 1. The molecule has 0 atom stereocenters. The topological polar surface area (TPSA) is 104 Å². The van der Waals surface area contributed by atoms with E-state index in [-0.39, 0.29) is 17.8 Å². The molecule has 12 heteroatoms. The molecule has 4 aromatic rings. The molecule has 1 aliphatic rings. The van der Waals surface area contributed by atoms with Crippen LogP contribution in [0.1, 0.15) is 11.1 Å². The molecule has 2 amide bonds. The van der Waals surface area contributed by atoms with Crippen molar-refractivity contribution in [2.75, 3.05) is 49.6 Å². The van der Waals surface area contributed by atoms with Gasteiger partial charge in [0.1, 0.15) is 11.5 Å². The van der Waals surface area contributed by atoms with Crippen molar-refractivity contribution in [3.63, 3.8) is 0 Å². The van der Waals surface area contributed by atoms with E-state index in [9.17, 15) is 18.0 Å². The zero-order valence-corrected chi connectivity index (χ0v) is 21.8. The summed E-state index contributed by atoms with van der Waals surface area (Å²) in [7, 11) is 1.99. The summed E-state index contributed by atoms with van der Waals surface area (Å²) >= 11 is 0. The molecular weight excluding hydrogens is 521 g/mol. The molecule has 0 unspecified atom stereocenters. The number of pyridine rings is 1. The Balaban J connectivity index is 1.23. The fourth-order valence-electron chi connectivity index (χ4n) is 4.55. The smallest absolute Gasteiger partial charge is 0.382 e. The van der Waals surface area contributed by atoms with E-state index in [1.165, 1.54) is 12.1 Å². The lowest BCUT2D eigenvalue weighted by molar-refractivity contribution is -0.138. The van der Waals surface area contributed by atoms with E-state index < -0.39 is 17.8 Å². The maximum absolute atomic E-state index is 13.9. The van der Waals surface area contributed by atoms with Crippen molar-refractivity contribution in [2.24, 2.45) is 0 Å². The summed E-state index contributed by atoms with van der Waals surface area (Å²) in [6, 6.07) is 13.9. The highest BCUT2D eigenvalue weighted by Gasteiger charge is 2.34. The fourth-order valence-corrected chi connectivity index (χ4v) is 4.55. The van der Waals surface area contributed by atoms with Crippen LogP contribution in [0.4, 0.5) is 35.2 Å². The van der Waals surface area contributed by atoms with Crippen LogP contribution in [0.3, 0.4) is 0 Å². The largest absolute Gasteiger partial charge is 0.416 e. The van der Waals surface area contributed by atoms with Gasteiger partial charge in [-0.3, -0.25) is 4.90 Å². The zero-order valence-electron chi connectivity index (χ0n) is 21.8. The van der Waals surface area contributed by atoms with E-state index in [1.54, 1.807) is 47.4 Å². The van der Waals surface area contributed by atoms with E-state index in [0.717, 1.165) is 30.3 Å². The van der Waals surface area contributed by atoms with Gasteiger partial charge in [-0.15, -0.1) is 0 Å². The number of nitrogens with one attached hydrogen (secondary N) is 2. The van der Waals surface area contributed by atoms with Crippen LogP contribution in [0.25, 0.3) is 16.8 Å². The second kappa shape index (κ2) is 11.4. The quantitative estimate of drug-likeness (QED) is 0.315. The van der Waals surface area contributed by atoms with Gasteiger partial charge >= 0.3 is 12.2 Å². The van der Waals surface area contributed by atoms with Crippen molar-refractivity contribution in [2.45, 2.75) is 12.7 Å². The first-order valence-corrected chi connectivity index (χ1v) is 12.7. The summed E-state index contributed by atoms with van der Waals surface area (Å²) < 4.78 is 43.2. The number of likely N-dealkylation sites (N-methyl/N-ethyl adjacent to an activating group) is 1. The molecule has 208 valence electrons. The van der Waals surface area contributed by atoms with E-state index in [1.807, 2.05) is 24.2 Å². The van der Waals surface area contributed by atoms with Gasteiger partial charge in [-0.05, 0) is 54.6 Å². The van der Waals surface area contributed by atoms with Gasteiger partial charge in [0, 0.05) is 62.1 Å². The van der Waals surface area contributed by atoms with E-state index in [2.05, 4.69) is 25.6 Å². The average molecular weight is 551 g/mol. The van der Waals surface area contributed by atoms with Crippen molar-refractivity contribution >= 4 is 23.2 Å². The van der Waals surface area contributed by atoms with Crippen LogP contribution >= 0.6 is 0 Å². The molecule has 1 saturated heterocycles. The SMILES string of the molecule is CN1CCN(Cc2ccc(NC(=O)Nc3ccc(-c4cnn(-c5cccnc5N)c4)cc3)cc2C(F)(F)F)CC1. The molecule has 0 spiro atoms. The highest BCUT2D eigenvalue weighted by atomic mass is 19.4. The number of aromatic nitrogens is 3. The number of piperazine rings is 1. The fraction of sp³-hybridized carbons (Fsp3) is 0.250. The number of nitrogens with zero attached hydrogens (tertiary/aromatic N) is 5. The first kappa shape index (κ1) is 27.2. The minimum atomic E-state index is -4.54. The standard InChI is InChI=1S/C28H29F3N8O/c1-37-11-13-38(14-12-37)17-20-6-9-23(15-24(20)28(29,30)31)36-27(40)35-22-7-4-19(5-8-22)21-16-34-39(18-21)25-3-2-10-33-26(25)32/h2-10,15-16,18H,11-14,17H2,1H3,(H2,32,33)(H2,35,36,40). The third-order valence-corrected chi connectivity index (χ3v) is 6.78. The molecule has 0 bridgehead atoms. The lowest BCUT2D eigenvalue weighted by Crippen LogP contribution is -2.44. The van der Waals surface area contributed by atoms with Crippen LogP contribution in [0, 0.1) is 0 Å². The molecule has 0 saturated carbocycles. The van der Waals surface area contributed by atoms with Gasteiger partial charge in [0.15, 0.2) is 0 Å². The summed E-state index contributed by atoms with van der Waals surface area (Å²) in [4.78, 5) is 20.8. The van der Waals surface area contributed by atoms with Crippen molar-refractivity contribution in [1.82, 2.24) is 24.6 Å². The van der Waals surface area contributed by atoms with Gasteiger partial charge in [-0.2, -0.15) is 18.3 Å². The molecule has 1 fully saturated rings. The van der Waals surface area contributed by atoms with Crippen LogP contribution in [-0.2, 0) is 12.7 Å². The van der Waals surface area contributed by atoms with Crippen molar-refractivity contribution < 1.29 is 18.0 Å². The molecular formula is C28H29F3N8O. The summed E-state index contributed by atoms with van der Waals surface area (Å²) in [5, 5.41) is 9.51. The van der Waals surface area contributed by atoms with Crippen molar-refractivity contribution in [1.29, 1.82) is 0 Å². The minimum absolute atomic E-state index is 0.0608. The van der Waals surface area contributed by atoms with Gasteiger partial charge in [0.05, 0.1) is 11.8 Å². The number of amides is 2. The summed E-state index contributed by atoms with van der Waals surface area (Å²) in [6.45, 7) is 3.24. The van der Waals surface area contributed by atoms with Crippen LogP contribution in [0.2, 0.25) is 0 Å². The molecule has 5 rings (SSSR count). The molecule has 9 nitrogen and oxygen atoms in total. The second-order valence-corrected chi connectivity index (χ2v) is 9.69. The number of anilines is 3. The number of nitrogen functional groups attached to an aromatic ring is 1. The molecule has 3 heterocycles. The molecule has 0 radical (unpaired) electrons. The molecule has 2 aromatic carbocycles. The molecule has 4 N–H and O–H groups in total. The molecule has 40 heavy (non-hydrogen) atoms. The predicted molar refractivity (Wildman–Crippen MR) is 148 cm³/mol. The number of benzene rings is 2. The van der Waals surface area contributed by atoms with Crippen molar-refractivity contribution in [3.8, 4) is 16.8 Å². The Bertz CT molecular complexity index is 1480. The van der Waals surface area contributed by atoms with Gasteiger partial charge in [-0.25, -0.2) is 14.5 Å². The summed E-state index contributed by atoms with van der Waals surface area (Å²) in [6.07, 6.45) is 0.564. The Hall–Kier alpha value is -4.42. The number of hydrogen-bond donors (Lipinski definition) is 3. The van der Waals surface area contributed by atoms with Crippen LogP contribution in [0.15, 0.2) is 73.2 Å². The number of halogens is 3. The molecule has 1 aliphatic heterocycles. The molecule has 2 aromatic heterocycles. The lowest BCUT2D eigenvalue weighted by atomic mass is 10.0. The second-order valence-electron chi connectivity index (χ2n) is 9.69. The number of hydrogen-bond acceptors (Lipinski definition) is 6. The predicted octanol–water partition coefficient (Wildman–Crippen LogP) is 4.93. The zero-order chi connectivity index (χ0) is 28.3. The van der Waals surface area contributed by atoms with Gasteiger partial charge < -0.3 is 21.3 Å². The maximum Gasteiger partial charge on any atom is 0.416 e. The van der Waals surface area contributed by atoms with E-state index in [0.29, 0.717) is 30.3 Å². The number of urea groups is 1. The Morgan fingerprint density at radius 1 is 0.975 bits per heavy atom. The number of rotatable bonds is 6. The van der Waals surface area contributed by atoms with E-state index >= 15 is 0 Å². The highest BCUT2D eigenvalue weighted by molar-refractivity contribution is 6.00. The Labute approximate surface area is 229 Å². The first-order chi connectivity index (χ1) is 19.2. The van der Waals surface area contributed by atoms with Gasteiger partial charge in [-0.1, -0.05) is 18.2 Å². The van der Waals surface area contributed by atoms with Crippen LogP contribution in [0.5, 0.6) is 0 Å². The summed E-state index contributed by atoms with van der Waals surface area (Å²) in [5.41, 5.74) is 8.24. The lowest BCUT2D eigenvalue weighted by Gasteiger charge is -2.33. The maximum atomic E-state index is 13.9. The van der Waals surface area contributed by atoms with Gasteiger partial charge in [0.25, 0.3) is 0 Å². The van der Waals surface area contributed by atoms with Crippen molar-refractivity contribution in [3.05, 3.63) is 84.3 Å². The third-order valence-electron chi connectivity index (χ3n) is 6.78. The normalized spacial score (nSPS) is 14.7. The van der Waals surface area contributed by atoms with E-state index in [4.69, 9.17) is 5.73 Å². The Morgan fingerprint density at radius 3 is 2.38 bits per heavy atom. The van der Waals surface area contributed by atoms with Gasteiger partial charge in [0.2, 0.25) is 0 Å². The first-order valence-electron chi connectivity index (χ1n) is 12.7. The number of alkyl halides is 3. The number of carbonyl (C=O) groups is 1. The molecule has 0 aliphatic carbocycles. The number of nitrogens with two attached hydrogens (primary N) is 1. The summed E-state index contributed by atoms with van der Waals surface area (Å²) in [5.74, 6) is 0.356. The Morgan fingerprint density at radius 2 is 1.68 bits per heavy atom.